The van der Waals surface area contributed by atoms with Gasteiger partial charge in [0.25, 0.3) is 0 Å². The molecule has 0 fully saturated rings. The summed E-state index contributed by atoms with van der Waals surface area (Å²) in [6, 6.07) is 0. The number of halogens is 45. The predicted molar refractivity (Wildman–Crippen MR) is 0 cm³/mol. The standard InChI is InChI=1S/45ClH.30Ni/h45*1H;;;;;;;;;;;;;;;;;;;;;;;;;;;;;;/q;;;;;;;;;;;;;;;;;;;;;;;;;;;;;;;;;;;;;;;;;;;;;30*+2/p-45. The molecular formula is Cl45Ni30+15. The maximum Gasteiger partial charge on any atom is 2.00 e. The molecule has 0 nitrogen and oxygen atoms in total. The van der Waals surface area contributed by atoms with E-state index in [1.54, 1.807) is 0 Å². The van der Waals surface area contributed by atoms with Crippen LogP contribution in [-0.4, -0.2) is 0 Å². The molecule has 0 amide bonds. The van der Waals surface area contributed by atoms with Crippen molar-refractivity contribution in [1.82, 2.24) is 0 Å². The van der Waals surface area contributed by atoms with E-state index in [9.17, 15) is 0 Å². The van der Waals surface area contributed by atoms with Crippen LogP contribution in [0.5, 0.6) is 0 Å². The Hall–Kier alpha value is 27.9. The average Bonchev–Trinajstić information content (AvgIpc) is 0. The normalized spacial score (nSPS) is 0. The van der Waals surface area contributed by atoms with Crippen molar-refractivity contribution in [3.8, 4) is 0 Å². The van der Waals surface area contributed by atoms with Crippen molar-refractivity contribution in [3.63, 3.8) is 0 Å². The Balaban J connectivity index is 0. The Bertz CT molecular complexity index is 72.8. The van der Waals surface area contributed by atoms with Gasteiger partial charge in [0.15, 0.2) is 0 Å². The van der Waals surface area contributed by atoms with Gasteiger partial charge in [0, 0.05) is 0 Å². The van der Waals surface area contributed by atoms with Crippen molar-refractivity contribution in [2.24, 2.45) is 0 Å². The molecule has 0 aliphatic rings. The van der Waals surface area contributed by atoms with Crippen molar-refractivity contribution >= 4 is 0 Å². The van der Waals surface area contributed by atoms with Gasteiger partial charge in [-0.3, -0.25) is 0 Å². The van der Waals surface area contributed by atoms with E-state index in [2.05, 4.69) is 0 Å². The summed E-state index contributed by atoms with van der Waals surface area (Å²) in [5.41, 5.74) is 0. The molecule has 0 aromatic rings. The molecule has 75 heavy (non-hydrogen) atoms. The second kappa shape index (κ2) is 1340. The van der Waals surface area contributed by atoms with Crippen LogP contribution in [0.3, 0.4) is 0 Å². The van der Waals surface area contributed by atoms with Crippen molar-refractivity contribution < 1.29 is 1050 Å². The smallest absolute Gasteiger partial charge is 1.00 e. The second-order valence-corrected chi connectivity index (χ2v) is 0. The average molecular weight is 3360 g/mol. The molecule has 600 valence electrons. The minimum absolute atomic E-state index is 0. The van der Waals surface area contributed by atoms with Gasteiger partial charge in [-0.2, -0.15) is 0 Å². The van der Waals surface area contributed by atoms with Crippen LogP contribution in [0.15, 0.2) is 0 Å². The van der Waals surface area contributed by atoms with Crippen LogP contribution in [0.25, 0.3) is 0 Å². The van der Waals surface area contributed by atoms with Crippen molar-refractivity contribution in [2.45, 2.75) is 0 Å². The molecule has 0 bridgehead atoms. The van der Waals surface area contributed by atoms with Crippen LogP contribution in [-0.2, 0) is 495 Å². The number of rotatable bonds is 0. The topological polar surface area (TPSA) is 0 Å². The first-order valence-electron chi connectivity index (χ1n) is 0. The van der Waals surface area contributed by atoms with E-state index in [-0.39, 0.29) is 1050 Å². The zero-order valence-corrected chi connectivity index (χ0v) is 90.1. The molecule has 0 heterocycles. The molecule has 0 saturated carbocycles. The zero-order chi connectivity index (χ0) is 0. The molecule has 0 aromatic heterocycles. The minimum atomic E-state index is 0. The molecule has 0 saturated heterocycles. The Morgan fingerprint density at radius 3 is 0.0267 bits per heavy atom. The van der Waals surface area contributed by atoms with Gasteiger partial charge in [0.05, 0.1) is 0 Å². The summed E-state index contributed by atoms with van der Waals surface area (Å²) in [6.07, 6.45) is 0. The van der Waals surface area contributed by atoms with Crippen molar-refractivity contribution in [2.75, 3.05) is 0 Å². The van der Waals surface area contributed by atoms with Gasteiger partial charge in [0.1, 0.15) is 0 Å². The van der Waals surface area contributed by atoms with E-state index in [0.717, 1.165) is 0 Å². The van der Waals surface area contributed by atoms with Crippen LogP contribution in [0.2, 0.25) is 0 Å². The van der Waals surface area contributed by atoms with Gasteiger partial charge >= 0.3 is 495 Å². The Morgan fingerprint density at radius 2 is 0.0267 bits per heavy atom. The van der Waals surface area contributed by atoms with Gasteiger partial charge in [0.2, 0.25) is 0 Å². The van der Waals surface area contributed by atoms with Gasteiger partial charge < -0.3 is 558 Å². The molecule has 0 radical (unpaired) electrons. The summed E-state index contributed by atoms with van der Waals surface area (Å²) in [7, 11) is 0. The summed E-state index contributed by atoms with van der Waals surface area (Å²) in [4.78, 5) is 0. The van der Waals surface area contributed by atoms with E-state index < -0.39 is 0 Å². The first-order valence-corrected chi connectivity index (χ1v) is 0. The third-order valence-electron chi connectivity index (χ3n) is 0. The summed E-state index contributed by atoms with van der Waals surface area (Å²) in [5, 5.41) is 0. The molecular weight excluding hydrogens is 3360 g/mol. The fourth-order valence-electron chi connectivity index (χ4n) is 0. The molecule has 0 atom stereocenters. The van der Waals surface area contributed by atoms with E-state index in [0.29, 0.717) is 0 Å². The first kappa shape index (κ1) is 1380. The van der Waals surface area contributed by atoms with E-state index in [1.165, 1.54) is 0 Å². The molecule has 0 aliphatic carbocycles. The summed E-state index contributed by atoms with van der Waals surface area (Å²) in [5.74, 6) is 0. The van der Waals surface area contributed by atoms with E-state index in [1.807, 2.05) is 0 Å². The molecule has 0 N–H and O–H groups in total. The van der Waals surface area contributed by atoms with Crippen LogP contribution >= 0.6 is 0 Å². The number of hydrogen-bond donors (Lipinski definition) is 0. The molecule has 0 rings (SSSR count). The monoisotopic (exact) mass is 3310 g/mol. The number of hydrogen-bond acceptors (Lipinski definition) is 0. The fourth-order valence-corrected chi connectivity index (χ4v) is 0. The van der Waals surface area contributed by atoms with Crippen LogP contribution < -0.4 is 558 Å². The van der Waals surface area contributed by atoms with E-state index >= 15 is 0 Å². The molecule has 0 spiro atoms. The molecule has 75 heteroatoms. The van der Waals surface area contributed by atoms with E-state index in [4.69, 9.17) is 0 Å². The van der Waals surface area contributed by atoms with Gasteiger partial charge in [-0.15, -0.1) is 0 Å². The third kappa shape index (κ3) is 1310. The molecule has 0 aromatic carbocycles. The second-order valence-electron chi connectivity index (χ2n) is 0. The maximum absolute atomic E-state index is 0. The summed E-state index contributed by atoms with van der Waals surface area (Å²) in [6.45, 7) is 0. The van der Waals surface area contributed by atoms with Gasteiger partial charge in [-0.05, 0) is 0 Å². The van der Waals surface area contributed by atoms with Gasteiger partial charge in [-0.25, -0.2) is 0 Å². The SMILES string of the molecule is [Cl-].[Cl-].[Cl-].[Cl-].[Cl-].[Cl-].[Cl-].[Cl-].[Cl-].[Cl-].[Cl-].[Cl-].[Cl-].[Cl-].[Cl-].[Cl-].[Cl-].[Cl-].[Cl-].[Cl-].[Cl-].[Cl-].[Cl-].[Cl-].[Cl-].[Cl-].[Cl-].[Cl-].[Cl-].[Cl-].[Cl-].[Cl-].[Cl-].[Cl-].[Cl-].[Cl-].[Cl-].[Cl-].[Cl-].[Cl-].[Cl-].[Cl-].[Cl-].[Cl-].[Cl-].[Ni+2].[Ni+2].[Ni+2].[Ni+2].[Ni+2].[Ni+2].[Ni+2].[Ni+2].[Ni+2].[Ni+2].[Ni+2].[Ni+2].[Ni+2].[Ni+2].[Ni+2].[Ni+2].[Ni+2].[Ni+2].[Ni+2].[Ni+2].[Ni+2].[Ni+2].[Ni+2].[Ni+2].[Ni+2].[Ni+2].[Ni+2].[Ni+2].[Ni+2].[Ni+2]. The Labute approximate surface area is 1030 Å². The Morgan fingerprint density at radius 1 is 0.0267 bits per heavy atom. The minimum Gasteiger partial charge on any atom is -1.00 e. The third-order valence-corrected chi connectivity index (χ3v) is 0. The van der Waals surface area contributed by atoms with Crippen LogP contribution in [0, 0.1) is 0 Å². The van der Waals surface area contributed by atoms with Crippen LogP contribution in [0.1, 0.15) is 0 Å². The molecule has 0 aliphatic heterocycles. The van der Waals surface area contributed by atoms with Crippen molar-refractivity contribution in [3.05, 3.63) is 0 Å². The zero-order valence-electron chi connectivity index (χ0n) is 26.5. The quantitative estimate of drug-likeness (QED) is 0.212. The summed E-state index contributed by atoms with van der Waals surface area (Å²) < 4.78 is 0. The van der Waals surface area contributed by atoms with Crippen molar-refractivity contribution in [1.29, 1.82) is 0 Å². The van der Waals surface area contributed by atoms with Gasteiger partial charge in [-0.1, -0.05) is 0 Å². The molecule has 0 unspecified atom stereocenters. The fraction of sp³-hybridized carbons (Fsp3) is 0. The predicted octanol–water partition coefficient (Wildman–Crippen LogP) is -135. The summed E-state index contributed by atoms with van der Waals surface area (Å²) >= 11 is 0. The Kier molecular flexibility index (Phi) is 24500. The van der Waals surface area contributed by atoms with Crippen LogP contribution in [0.4, 0.5) is 0 Å². The first-order chi connectivity index (χ1) is 0. The maximum atomic E-state index is 0. The largest absolute Gasteiger partial charge is 2.00 e.